The number of piperazine rings is 1. The molecule has 5 rings (SSSR count). The van der Waals surface area contributed by atoms with Gasteiger partial charge in [-0.1, -0.05) is 48.2 Å². The van der Waals surface area contributed by atoms with Crippen LogP contribution in [-0.2, 0) is 17.6 Å². The van der Waals surface area contributed by atoms with Gasteiger partial charge in [-0.3, -0.25) is 9.36 Å². The Morgan fingerprint density at radius 2 is 1.48 bits per heavy atom. The second-order valence-corrected chi connectivity index (χ2v) is 9.10. The summed E-state index contributed by atoms with van der Waals surface area (Å²) in [5.74, 6) is 0.645. The number of rotatable bonds is 5. The standard InChI is InChI=1S/C25H28N4OS/c30-24(28-17-15-27(16-18-28)20-9-3-1-4-10-20)19-31-25-26-22-13-7-8-14-23(22)29(25)21-11-5-2-6-12-21/h1-6,9-12H,7-8,13-19H2. The van der Waals surface area contributed by atoms with Gasteiger partial charge in [0.25, 0.3) is 0 Å². The van der Waals surface area contributed by atoms with Crippen LogP contribution in [-0.4, -0.2) is 52.3 Å². The monoisotopic (exact) mass is 432 g/mol. The highest BCUT2D eigenvalue weighted by atomic mass is 32.2. The predicted molar refractivity (Wildman–Crippen MR) is 126 cm³/mol. The largest absolute Gasteiger partial charge is 0.368 e. The van der Waals surface area contributed by atoms with Crippen LogP contribution in [0.3, 0.4) is 0 Å². The van der Waals surface area contributed by atoms with E-state index >= 15 is 0 Å². The summed E-state index contributed by atoms with van der Waals surface area (Å²) in [5, 5.41) is 0.953. The summed E-state index contributed by atoms with van der Waals surface area (Å²) in [5.41, 5.74) is 4.91. The van der Waals surface area contributed by atoms with Crippen LogP contribution in [0.15, 0.2) is 65.8 Å². The highest BCUT2D eigenvalue weighted by Crippen LogP contribution is 2.30. The first-order chi connectivity index (χ1) is 15.3. The second-order valence-electron chi connectivity index (χ2n) is 8.16. The third-order valence-electron chi connectivity index (χ3n) is 6.19. The number of amides is 1. The predicted octanol–water partition coefficient (Wildman–Crippen LogP) is 4.19. The Morgan fingerprint density at radius 1 is 0.839 bits per heavy atom. The Kier molecular flexibility index (Phi) is 5.98. The maximum Gasteiger partial charge on any atom is 0.233 e. The van der Waals surface area contributed by atoms with Crippen molar-refractivity contribution in [2.45, 2.75) is 30.8 Å². The number of aryl methyl sites for hydroxylation is 1. The van der Waals surface area contributed by atoms with Crippen molar-refractivity contribution in [3.05, 3.63) is 72.1 Å². The average molecular weight is 433 g/mol. The zero-order valence-electron chi connectivity index (χ0n) is 17.7. The lowest BCUT2D eigenvalue weighted by Gasteiger charge is -2.36. The van der Waals surface area contributed by atoms with E-state index in [1.54, 1.807) is 11.8 Å². The molecule has 0 unspecified atom stereocenters. The Morgan fingerprint density at radius 3 is 2.19 bits per heavy atom. The molecular weight excluding hydrogens is 404 g/mol. The van der Waals surface area contributed by atoms with Crippen LogP contribution in [0.4, 0.5) is 5.69 Å². The van der Waals surface area contributed by atoms with Crippen molar-refractivity contribution in [3.8, 4) is 5.69 Å². The Bertz CT molecular complexity index is 1030. The SMILES string of the molecule is O=C(CSc1nc2c(n1-c1ccccc1)CCCC2)N1CCN(c2ccccc2)CC1. The van der Waals surface area contributed by atoms with Crippen LogP contribution in [0.5, 0.6) is 0 Å². The summed E-state index contributed by atoms with van der Waals surface area (Å²) in [4.78, 5) is 22.3. The minimum absolute atomic E-state index is 0.207. The molecule has 2 heterocycles. The maximum atomic E-state index is 13.0. The molecular formula is C25H28N4OS. The Balaban J connectivity index is 1.25. The third kappa shape index (κ3) is 4.35. The number of anilines is 1. The highest BCUT2D eigenvalue weighted by molar-refractivity contribution is 7.99. The fourth-order valence-corrected chi connectivity index (χ4v) is 5.48. The van der Waals surface area contributed by atoms with Gasteiger partial charge in [-0.05, 0) is 49.9 Å². The fourth-order valence-electron chi connectivity index (χ4n) is 4.53. The smallest absolute Gasteiger partial charge is 0.233 e. The minimum atomic E-state index is 0.207. The second kappa shape index (κ2) is 9.18. The van der Waals surface area contributed by atoms with Crippen LogP contribution in [0.25, 0.3) is 5.69 Å². The molecule has 0 spiro atoms. The molecule has 1 amide bonds. The van der Waals surface area contributed by atoms with Gasteiger partial charge in [0.2, 0.25) is 5.91 Å². The van der Waals surface area contributed by atoms with Crippen LogP contribution in [0.1, 0.15) is 24.2 Å². The van der Waals surface area contributed by atoms with Gasteiger partial charge in [-0.2, -0.15) is 0 Å². The third-order valence-corrected chi connectivity index (χ3v) is 7.12. The number of benzene rings is 2. The zero-order chi connectivity index (χ0) is 21.0. The van der Waals surface area contributed by atoms with Crippen molar-refractivity contribution in [1.82, 2.24) is 14.5 Å². The molecule has 6 heteroatoms. The number of carbonyl (C=O) groups is 1. The highest BCUT2D eigenvalue weighted by Gasteiger charge is 2.24. The Labute approximate surface area is 188 Å². The number of hydrogen-bond donors (Lipinski definition) is 0. The number of fused-ring (bicyclic) bond motifs is 1. The molecule has 0 atom stereocenters. The zero-order valence-corrected chi connectivity index (χ0v) is 18.6. The van der Waals surface area contributed by atoms with E-state index < -0.39 is 0 Å². The first-order valence-corrected chi connectivity index (χ1v) is 12.1. The van der Waals surface area contributed by atoms with E-state index in [0.717, 1.165) is 49.9 Å². The molecule has 0 saturated carbocycles. The van der Waals surface area contributed by atoms with Gasteiger partial charge in [0.1, 0.15) is 0 Å². The minimum Gasteiger partial charge on any atom is -0.368 e. The molecule has 0 N–H and O–H groups in total. The van der Waals surface area contributed by atoms with Crippen LogP contribution >= 0.6 is 11.8 Å². The van der Waals surface area contributed by atoms with E-state index in [-0.39, 0.29) is 5.91 Å². The summed E-state index contributed by atoms with van der Waals surface area (Å²) < 4.78 is 2.28. The maximum absolute atomic E-state index is 13.0. The molecule has 1 aliphatic heterocycles. The molecule has 0 bridgehead atoms. The van der Waals surface area contributed by atoms with Crippen molar-refractivity contribution in [2.24, 2.45) is 0 Å². The van der Waals surface area contributed by atoms with E-state index in [2.05, 4.69) is 58.0 Å². The first-order valence-electron chi connectivity index (χ1n) is 11.2. The average Bonchev–Trinajstić information content (AvgIpc) is 3.22. The van der Waals surface area contributed by atoms with Gasteiger partial charge in [-0.25, -0.2) is 4.98 Å². The summed E-state index contributed by atoms with van der Waals surface area (Å²) in [6, 6.07) is 20.9. The number of aromatic nitrogens is 2. The van der Waals surface area contributed by atoms with Crippen molar-refractivity contribution in [3.63, 3.8) is 0 Å². The number of para-hydroxylation sites is 2. The van der Waals surface area contributed by atoms with Gasteiger partial charge in [0.05, 0.1) is 11.4 Å². The molecule has 1 aliphatic carbocycles. The summed E-state index contributed by atoms with van der Waals surface area (Å²) in [6.45, 7) is 3.32. The van der Waals surface area contributed by atoms with E-state index in [0.29, 0.717) is 5.75 Å². The van der Waals surface area contributed by atoms with E-state index in [1.165, 1.54) is 29.9 Å². The normalized spacial score (nSPS) is 16.3. The van der Waals surface area contributed by atoms with Gasteiger partial charge in [-0.15, -0.1) is 0 Å². The molecule has 2 aromatic carbocycles. The van der Waals surface area contributed by atoms with Gasteiger partial charge in [0, 0.05) is 43.2 Å². The number of thioether (sulfide) groups is 1. The Hall–Kier alpha value is -2.73. The quantitative estimate of drug-likeness (QED) is 0.567. The van der Waals surface area contributed by atoms with Gasteiger partial charge in [0.15, 0.2) is 5.16 Å². The lowest BCUT2D eigenvalue weighted by Crippen LogP contribution is -2.49. The van der Waals surface area contributed by atoms with Gasteiger partial charge < -0.3 is 9.80 Å². The molecule has 2 aliphatic rings. The molecule has 1 aromatic heterocycles. The van der Waals surface area contributed by atoms with E-state index in [4.69, 9.17) is 4.98 Å². The van der Waals surface area contributed by atoms with Crippen molar-refractivity contribution >= 4 is 23.4 Å². The molecule has 31 heavy (non-hydrogen) atoms. The van der Waals surface area contributed by atoms with Crippen molar-refractivity contribution < 1.29 is 4.79 Å². The number of imidazole rings is 1. The number of nitrogens with zero attached hydrogens (tertiary/aromatic N) is 4. The van der Waals surface area contributed by atoms with Crippen molar-refractivity contribution in [2.75, 3.05) is 36.8 Å². The van der Waals surface area contributed by atoms with E-state index in [9.17, 15) is 4.79 Å². The molecule has 1 fully saturated rings. The number of hydrogen-bond acceptors (Lipinski definition) is 4. The molecule has 5 nitrogen and oxygen atoms in total. The molecule has 160 valence electrons. The number of carbonyl (C=O) groups excluding carboxylic acids is 1. The fraction of sp³-hybridized carbons (Fsp3) is 0.360. The van der Waals surface area contributed by atoms with Crippen LogP contribution < -0.4 is 4.90 Å². The molecule has 3 aromatic rings. The molecule has 0 radical (unpaired) electrons. The summed E-state index contributed by atoms with van der Waals surface area (Å²) in [6.07, 6.45) is 4.51. The van der Waals surface area contributed by atoms with Crippen LogP contribution in [0, 0.1) is 0 Å². The van der Waals surface area contributed by atoms with Gasteiger partial charge >= 0.3 is 0 Å². The summed E-state index contributed by atoms with van der Waals surface area (Å²) >= 11 is 1.58. The lowest BCUT2D eigenvalue weighted by molar-refractivity contribution is -0.128. The van der Waals surface area contributed by atoms with Crippen molar-refractivity contribution in [1.29, 1.82) is 0 Å². The first kappa shape index (κ1) is 20.2. The topological polar surface area (TPSA) is 41.4 Å². The molecule has 1 saturated heterocycles. The van der Waals surface area contributed by atoms with E-state index in [1.807, 2.05) is 17.0 Å². The lowest BCUT2D eigenvalue weighted by atomic mass is 10.0. The van der Waals surface area contributed by atoms with Crippen LogP contribution in [0.2, 0.25) is 0 Å². The summed E-state index contributed by atoms with van der Waals surface area (Å²) in [7, 11) is 0.